The average Bonchev–Trinajstić information content (AvgIpc) is 3.29. The molecule has 1 aromatic heterocycles. The van der Waals surface area contributed by atoms with Crippen LogP contribution < -0.4 is 21.7 Å². The molecule has 0 spiro atoms. The Labute approximate surface area is 213 Å². The number of hydrogen-bond acceptors (Lipinski definition) is 6. The van der Waals surface area contributed by atoms with E-state index in [4.69, 9.17) is 5.73 Å². The van der Waals surface area contributed by atoms with Gasteiger partial charge in [0.1, 0.15) is 18.1 Å². The highest BCUT2D eigenvalue weighted by atomic mass is 16.4. The van der Waals surface area contributed by atoms with Crippen LogP contribution in [0, 0.1) is 0 Å². The average molecular weight is 510 g/mol. The number of fused-ring (bicyclic) bond motifs is 1. The third-order valence-corrected chi connectivity index (χ3v) is 5.90. The monoisotopic (exact) mass is 509 g/mol. The molecule has 3 aromatic rings. The fraction of sp³-hybridized carbons (Fsp3) is 0.308. The zero-order valence-electron chi connectivity index (χ0n) is 20.3. The fourth-order valence-electron chi connectivity index (χ4n) is 3.95. The lowest BCUT2D eigenvalue weighted by Crippen LogP contribution is -2.59. The Balaban J connectivity index is 1.86. The van der Waals surface area contributed by atoms with Crippen molar-refractivity contribution in [3.8, 4) is 0 Å². The van der Waals surface area contributed by atoms with Crippen molar-refractivity contribution in [1.29, 1.82) is 0 Å². The van der Waals surface area contributed by atoms with E-state index in [-0.39, 0.29) is 12.8 Å². The van der Waals surface area contributed by atoms with Crippen molar-refractivity contribution in [1.82, 2.24) is 20.9 Å². The maximum absolute atomic E-state index is 13.3. The number of carboxylic acids is 1. The van der Waals surface area contributed by atoms with Crippen LogP contribution in [0.15, 0.2) is 60.8 Å². The number of aliphatic carboxylic acids is 1. The number of aromatic nitrogens is 1. The van der Waals surface area contributed by atoms with Gasteiger partial charge in [0.15, 0.2) is 0 Å². The summed E-state index contributed by atoms with van der Waals surface area (Å²) in [6.07, 6.45) is 0.491. The third kappa shape index (κ3) is 7.38. The van der Waals surface area contributed by atoms with E-state index >= 15 is 0 Å². The van der Waals surface area contributed by atoms with Gasteiger partial charge in [-0.1, -0.05) is 48.5 Å². The highest BCUT2D eigenvalue weighted by molar-refractivity contribution is 5.94. The number of amides is 3. The zero-order chi connectivity index (χ0) is 26.9. The van der Waals surface area contributed by atoms with Gasteiger partial charge in [-0.25, -0.2) is 4.79 Å². The fourth-order valence-corrected chi connectivity index (χ4v) is 3.95. The lowest BCUT2D eigenvalue weighted by molar-refractivity contribution is -0.142. The molecule has 0 saturated heterocycles. The van der Waals surface area contributed by atoms with Crippen LogP contribution >= 0.6 is 0 Å². The van der Waals surface area contributed by atoms with E-state index in [0.717, 1.165) is 10.9 Å². The van der Waals surface area contributed by atoms with Gasteiger partial charge >= 0.3 is 5.97 Å². The van der Waals surface area contributed by atoms with Crippen molar-refractivity contribution in [2.45, 2.75) is 44.0 Å². The zero-order valence-corrected chi connectivity index (χ0v) is 20.3. The normalized spacial score (nSPS) is 14.2. The molecule has 0 aliphatic carbocycles. The van der Waals surface area contributed by atoms with Crippen LogP contribution in [0.3, 0.4) is 0 Å². The quantitative estimate of drug-likeness (QED) is 0.177. The minimum absolute atomic E-state index is 0.0244. The Morgan fingerprint density at radius 1 is 0.892 bits per heavy atom. The second-order valence-corrected chi connectivity index (χ2v) is 8.70. The van der Waals surface area contributed by atoms with Crippen molar-refractivity contribution < 1.29 is 29.4 Å². The topological polar surface area (TPSA) is 187 Å². The summed E-state index contributed by atoms with van der Waals surface area (Å²) in [5.74, 6) is -3.43. The van der Waals surface area contributed by atoms with E-state index in [0.29, 0.717) is 11.1 Å². The van der Waals surface area contributed by atoms with E-state index in [1.54, 1.807) is 36.5 Å². The van der Waals surface area contributed by atoms with Gasteiger partial charge in [0, 0.05) is 29.9 Å². The summed E-state index contributed by atoms with van der Waals surface area (Å²) >= 11 is 0. The molecule has 196 valence electrons. The van der Waals surface area contributed by atoms with Crippen molar-refractivity contribution in [2.75, 3.05) is 6.54 Å². The lowest BCUT2D eigenvalue weighted by Gasteiger charge is -2.25. The summed E-state index contributed by atoms with van der Waals surface area (Å²) in [4.78, 5) is 53.2. The number of para-hydroxylation sites is 1. The van der Waals surface area contributed by atoms with Crippen LogP contribution in [-0.4, -0.2) is 69.7 Å². The second-order valence-electron chi connectivity index (χ2n) is 8.70. The molecule has 1 heterocycles. The second kappa shape index (κ2) is 12.7. The first-order chi connectivity index (χ1) is 17.7. The Morgan fingerprint density at radius 2 is 1.54 bits per heavy atom. The minimum Gasteiger partial charge on any atom is -0.480 e. The number of carboxylic acid groups (broad SMARTS) is 1. The molecule has 0 aliphatic heterocycles. The number of benzene rings is 2. The predicted octanol–water partition coefficient (Wildman–Crippen LogP) is -0.168. The maximum atomic E-state index is 13.3. The third-order valence-electron chi connectivity index (χ3n) is 5.90. The first-order valence-electron chi connectivity index (χ1n) is 11.8. The van der Waals surface area contributed by atoms with Crippen molar-refractivity contribution in [2.24, 2.45) is 5.73 Å². The molecule has 3 amide bonds. The van der Waals surface area contributed by atoms with E-state index in [1.165, 1.54) is 6.92 Å². The maximum Gasteiger partial charge on any atom is 0.326 e. The highest BCUT2D eigenvalue weighted by Crippen LogP contribution is 2.19. The molecule has 4 atom stereocenters. The first-order valence-corrected chi connectivity index (χ1v) is 11.8. The summed E-state index contributed by atoms with van der Waals surface area (Å²) in [7, 11) is 0. The first kappa shape index (κ1) is 27.4. The SMILES string of the molecule is CC(O)C(NC(=O)CN)C(=O)NC(Cc1c[nH]c2ccccc12)C(=O)NC(Cc1ccccc1)C(=O)O. The van der Waals surface area contributed by atoms with E-state index in [2.05, 4.69) is 20.9 Å². The summed E-state index contributed by atoms with van der Waals surface area (Å²) in [5.41, 5.74) is 7.57. The van der Waals surface area contributed by atoms with E-state index < -0.39 is 54.5 Å². The Morgan fingerprint density at radius 3 is 2.19 bits per heavy atom. The molecule has 0 saturated carbocycles. The van der Waals surface area contributed by atoms with Crippen molar-refractivity contribution in [3.05, 3.63) is 71.9 Å². The number of rotatable bonds is 12. The number of carbonyl (C=O) groups excluding carboxylic acids is 3. The van der Waals surface area contributed by atoms with Crippen LogP contribution in [0.2, 0.25) is 0 Å². The molecule has 0 aliphatic rings. The van der Waals surface area contributed by atoms with Gasteiger partial charge in [-0.15, -0.1) is 0 Å². The number of hydrogen-bond donors (Lipinski definition) is 7. The molecule has 8 N–H and O–H groups in total. The van der Waals surface area contributed by atoms with E-state index in [9.17, 15) is 29.4 Å². The van der Waals surface area contributed by atoms with Gasteiger partial charge in [0.05, 0.1) is 12.6 Å². The number of H-pyrrole nitrogens is 1. The van der Waals surface area contributed by atoms with Gasteiger partial charge in [-0.05, 0) is 24.1 Å². The summed E-state index contributed by atoms with van der Waals surface area (Å²) in [6.45, 7) is 0.922. The van der Waals surface area contributed by atoms with Gasteiger partial charge in [0.2, 0.25) is 17.7 Å². The molecular weight excluding hydrogens is 478 g/mol. The summed E-state index contributed by atoms with van der Waals surface area (Å²) < 4.78 is 0. The number of carbonyl (C=O) groups is 4. The minimum atomic E-state index is -1.37. The highest BCUT2D eigenvalue weighted by Gasteiger charge is 2.32. The standard InChI is InChI=1S/C26H31N5O6/c1-15(32)23(31-22(33)13-27)25(35)29-20(12-17-14-28-19-10-6-5-9-18(17)19)24(34)30-21(26(36)37)11-16-7-3-2-4-8-16/h2-10,14-15,20-21,23,28,32H,11-13,27H2,1H3,(H,29,35)(H,30,34)(H,31,33)(H,36,37). The van der Waals surface area contributed by atoms with Crippen LogP contribution in [0.25, 0.3) is 10.9 Å². The molecule has 2 aromatic carbocycles. The van der Waals surface area contributed by atoms with Crippen molar-refractivity contribution in [3.63, 3.8) is 0 Å². The van der Waals surface area contributed by atoms with Gasteiger partial charge in [-0.3, -0.25) is 14.4 Å². The number of aliphatic hydroxyl groups excluding tert-OH is 1. The predicted molar refractivity (Wildman–Crippen MR) is 136 cm³/mol. The lowest BCUT2D eigenvalue weighted by atomic mass is 10.0. The van der Waals surface area contributed by atoms with Crippen LogP contribution in [-0.2, 0) is 32.0 Å². The van der Waals surface area contributed by atoms with Crippen LogP contribution in [0.4, 0.5) is 0 Å². The Bertz CT molecular complexity index is 1240. The summed E-state index contributed by atoms with van der Waals surface area (Å²) in [5, 5.41) is 28.0. The van der Waals surface area contributed by atoms with Crippen LogP contribution in [0.1, 0.15) is 18.1 Å². The number of aliphatic hydroxyl groups is 1. The van der Waals surface area contributed by atoms with Crippen LogP contribution in [0.5, 0.6) is 0 Å². The molecule has 37 heavy (non-hydrogen) atoms. The number of nitrogens with one attached hydrogen (secondary N) is 4. The molecule has 11 heteroatoms. The van der Waals surface area contributed by atoms with E-state index in [1.807, 2.05) is 24.3 Å². The van der Waals surface area contributed by atoms with Crippen molar-refractivity contribution >= 4 is 34.6 Å². The Kier molecular flexibility index (Phi) is 9.36. The summed E-state index contributed by atoms with van der Waals surface area (Å²) in [6, 6.07) is 12.4. The smallest absolute Gasteiger partial charge is 0.326 e. The molecule has 4 unspecified atom stereocenters. The largest absolute Gasteiger partial charge is 0.480 e. The van der Waals surface area contributed by atoms with Gasteiger partial charge < -0.3 is 36.9 Å². The number of aromatic amines is 1. The molecular formula is C26H31N5O6. The van der Waals surface area contributed by atoms with Gasteiger partial charge in [0.25, 0.3) is 0 Å². The number of nitrogens with two attached hydrogens (primary N) is 1. The molecule has 0 bridgehead atoms. The molecule has 0 radical (unpaired) electrons. The van der Waals surface area contributed by atoms with Gasteiger partial charge in [-0.2, -0.15) is 0 Å². The molecule has 0 fully saturated rings. The molecule has 11 nitrogen and oxygen atoms in total. The molecule has 3 rings (SSSR count). The Hall–Kier alpha value is -4.22.